The van der Waals surface area contributed by atoms with Crippen LogP contribution >= 0.6 is 11.6 Å². The van der Waals surface area contributed by atoms with Gasteiger partial charge in [0.25, 0.3) is 0 Å². The molecular weight excluding hydrogens is 378 g/mol. The zero-order valence-corrected chi connectivity index (χ0v) is 15.7. The number of rotatable bonds is 4. The van der Waals surface area contributed by atoms with Gasteiger partial charge in [0, 0.05) is 60.1 Å². The quantitative estimate of drug-likeness (QED) is 0.704. The number of carboxylic acids is 1. The van der Waals surface area contributed by atoms with Crippen molar-refractivity contribution in [3.63, 3.8) is 0 Å². The van der Waals surface area contributed by atoms with Gasteiger partial charge in [0.2, 0.25) is 0 Å². The van der Waals surface area contributed by atoms with Crippen molar-refractivity contribution in [3.8, 4) is 6.07 Å². The van der Waals surface area contributed by atoms with Crippen LogP contribution in [0.4, 0.5) is 5.82 Å². The number of aliphatic carboxylic acids is 1. The minimum absolute atomic E-state index is 0.527. The average Bonchev–Trinajstić information content (AvgIpc) is 3.11. The Bertz CT molecular complexity index is 1070. The maximum absolute atomic E-state index is 12.1. The van der Waals surface area contributed by atoms with Crippen LogP contribution in [0.3, 0.4) is 0 Å². The highest BCUT2D eigenvalue weighted by Gasteiger charge is 2.32. The minimum Gasteiger partial charge on any atom is -0.480 e. The van der Waals surface area contributed by atoms with Crippen molar-refractivity contribution in [2.24, 2.45) is 0 Å². The van der Waals surface area contributed by atoms with Gasteiger partial charge in [-0.05, 0) is 24.3 Å². The van der Waals surface area contributed by atoms with Gasteiger partial charge in [-0.2, -0.15) is 5.26 Å². The Balaban J connectivity index is 1.57. The standard InChI is InChI=1S/C20H18ClN5O2/c21-14-3-4-15-16(12-24-17(15)10-14)18(20(27)28)25-6-8-26(9-7-25)19-13(11-22)2-1-5-23-19/h1-5,10,12,18,24H,6-9H2,(H,27,28)/t18-/m0/s1. The molecule has 28 heavy (non-hydrogen) atoms. The summed E-state index contributed by atoms with van der Waals surface area (Å²) in [4.78, 5) is 23.5. The van der Waals surface area contributed by atoms with E-state index in [1.54, 1.807) is 36.7 Å². The molecule has 0 amide bonds. The Hall–Kier alpha value is -3.08. The van der Waals surface area contributed by atoms with Crippen LogP contribution in [-0.4, -0.2) is 52.1 Å². The molecule has 2 N–H and O–H groups in total. The van der Waals surface area contributed by atoms with Crippen LogP contribution in [0.15, 0.2) is 42.7 Å². The first-order chi connectivity index (χ1) is 13.6. The number of pyridine rings is 1. The number of H-pyrrole nitrogens is 1. The molecule has 1 aromatic carbocycles. The number of benzene rings is 1. The first-order valence-electron chi connectivity index (χ1n) is 8.92. The van der Waals surface area contributed by atoms with Gasteiger partial charge < -0.3 is 15.0 Å². The first-order valence-corrected chi connectivity index (χ1v) is 9.29. The van der Waals surface area contributed by atoms with Gasteiger partial charge in [-0.25, -0.2) is 4.98 Å². The number of nitrogens with zero attached hydrogens (tertiary/aromatic N) is 4. The fraction of sp³-hybridized carbons (Fsp3) is 0.250. The fourth-order valence-electron chi connectivity index (χ4n) is 3.76. The van der Waals surface area contributed by atoms with Gasteiger partial charge >= 0.3 is 5.97 Å². The zero-order chi connectivity index (χ0) is 19.7. The summed E-state index contributed by atoms with van der Waals surface area (Å²) in [6.07, 6.45) is 3.42. The number of carbonyl (C=O) groups is 1. The highest BCUT2D eigenvalue weighted by atomic mass is 35.5. The number of anilines is 1. The number of hydrogen-bond acceptors (Lipinski definition) is 5. The van der Waals surface area contributed by atoms with Crippen LogP contribution < -0.4 is 4.90 Å². The van der Waals surface area contributed by atoms with Crippen LogP contribution in [0.2, 0.25) is 5.02 Å². The summed E-state index contributed by atoms with van der Waals surface area (Å²) in [5.41, 5.74) is 2.07. The Kier molecular flexibility index (Phi) is 4.90. The second-order valence-corrected chi connectivity index (χ2v) is 7.12. The summed E-state index contributed by atoms with van der Waals surface area (Å²) < 4.78 is 0. The van der Waals surface area contributed by atoms with E-state index < -0.39 is 12.0 Å². The van der Waals surface area contributed by atoms with Crippen LogP contribution in [0.5, 0.6) is 0 Å². The highest BCUT2D eigenvalue weighted by Crippen LogP contribution is 2.31. The maximum atomic E-state index is 12.1. The van der Waals surface area contributed by atoms with Crippen molar-refractivity contribution in [2.75, 3.05) is 31.1 Å². The van der Waals surface area contributed by atoms with Crippen molar-refractivity contribution in [1.29, 1.82) is 5.26 Å². The summed E-state index contributed by atoms with van der Waals surface area (Å²) in [5, 5.41) is 20.7. The molecule has 142 valence electrons. The van der Waals surface area contributed by atoms with Crippen molar-refractivity contribution >= 4 is 34.3 Å². The van der Waals surface area contributed by atoms with Crippen molar-refractivity contribution in [1.82, 2.24) is 14.9 Å². The molecule has 3 aromatic rings. The van der Waals surface area contributed by atoms with Crippen LogP contribution in [-0.2, 0) is 4.79 Å². The fourth-order valence-corrected chi connectivity index (χ4v) is 3.93. The van der Waals surface area contributed by atoms with Crippen LogP contribution in [0, 0.1) is 11.3 Å². The maximum Gasteiger partial charge on any atom is 0.325 e. The number of fused-ring (bicyclic) bond motifs is 1. The second kappa shape index (κ2) is 7.50. The summed E-state index contributed by atoms with van der Waals surface area (Å²) in [5.74, 6) is -0.238. The Labute approximate surface area is 166 Å². The van der Waals surface area contributed by atoms with Crippen molar-refractivity contribution < 1.29 is 9.90 Å². The number of halogens is 1. The Morgan fingerprint density at radius 3 is 2.79 bits per heavy atom. The summed E-state index contributed by atoms with van der Waals surface area (Å²) in [7, 11) is 0. The lowest BCUT2D eigenvalue weighted by Gasteiger charge is -2.38. The van der Waals surface area contributed by atoms with Gasteiger partial charge in [0.05, 0.1) is 5.56 Å². The van der Waals surface area contributed by atoms with Gasteiger partial charge in [0.1, 0.15) is 17.9 Å². The smallest absolute Gasteiger partial charge is 0.325 e. The van der Waals surface area contributed by atoms with Crippen molar-refractivity contribution in [2.45, 2.75) is 6.04 Å². The van der Waals surface area contributed by atoms with Gasteiger partial charge in [0.15, 0.2) is 0 Å². The van der Waals surface area contributed by atoms with Crippen LogP contribution in [0.1, 0.15) is 17.2 Å². The lowest BCUT2D eigenvalue weighted by atomic mass is 10.0. The molecule has 2 aromatic heterocycles. The Morgan fingerprint density at radius 1 is 1.29 bits per heavy atom. The normalized spacial score (nSPS) is 16.1. The molecule has 0 aliphatic carbocycles. The molecule has 0 spiro atoms. The molecule has 1 fully saturated rings. The molecule has 3 heterocycles. The van der Waals surface area contributed by atoms with E-state index in [0.717, 1.165) is 16.5 Å². The third-order valence-corrected chi connectivity index (χ3v) is 5.33. The number of hydrogen-bond donors (Lipinski definition) is 2. The van der Waals surface area contributed by atoms with E-state index >= 15 is 0 Å². The number of aromatic nitrogens is 2. The van der Waals surface area contributed by atoms with Crippen LogP contribution in [0.25, 0.3) is 10.9 Å². The van der Waals surface area contributed by atoms with E-state index in [1.165, 1.54) is 0 Å². The summed E-state index contributed by atoms with van der Waals surface area (Å²) >= 11 is 6.04. The molecule has 1 aliphatic rings. The third kappa shape index (κ3) is 3.28. The molecule has 0 unspecified atom stereocenters. The van der Waals surface area contributed by atoms with E-state index in [2.05, 4.69) is 16.0 Å². The summed E-state index contributed by atoms with van der Waals surface area (Å²) in [6.45, 7) is 2.31. The van der Waals surface area contributed by atoms with Crippen molar-refractivity contribution in [3.05, 3.63) is 58.9 Å². The lowest BCUT2D eigenvalue weighted by molar-refractivity contribution is -0.143. The van der Waals surface area contributed by atoms with E-state index in [-0.39, 0.29) is 0 Å². The molecule has 0 radical (unpaired) electrons. The largest absolute Gasteiger partial charge is 0.480 e. The average molecular weight is 396 g/mol. The van der Waals surface area contributed by atoms with E-state index in [9.17, 15) is 15.2 Å². The molecular formula is C20H18ClN5O2. The Morgan fingerprint density at radius 2 is 2.07 bits per heavy atom. The molecule has 1 atom stereocenters. The van der Waals surface area contributed by atoms with Gasteiger partial charge in [-0.1, -0.05) is 17.7 Å². The van der Waals surface area contributed by atoms with E-state index in [4.69, 9.17) is 11.6 Å². The molecule has 1 aliphatic heterocycles. The van der Waals surface area contributed by atoms with Gasteiger partial charge in [-0.3, -0.25) is 9.69 Å². The number of carboxylic acid groups (broad SMARTS) is 1. The molecule has 7 nitrogen and oxygen atoms in total. The van der Waals surface area contributed by atoms with Gasteiger partial charge in [-0.15, -0.1) is 0 Å². The monoisotopic (exact) mass is 395 g/mol. The SMILES string of the molecule is N#Cc1cccnc1N1CCN([C@H](C(=O)O)c2c[nH]c3cc(Cl)ccc23)CC1. The molecule has 0 saturated carbocycles. The predicted molar refractivity (Wildman–Crippen MR) is 106 cm³/mol. The topological polar surface area (TPSA) is 96.2 Å². The predicted octanol–water partition coefficient (Wildman–Crippen LogP) is 3.04. The molecule has 4 rings (SSSR count). The molecule has 8 heteroatoms. The number of aromatic amines is 1. The van der Waals surface area contributed by atoms with E-state index in [0.29, 0.717) is 42.6 Å². The third-order valence-electron chi connectivity index (χ3n) is 5.09. The second-order valence-electron chi connectivity index (χ2n) is 6.68. The number of nitriles is 1. The molecule has 1 saturated heterocycles. The lowest BCUT2D eigenvalue weighted by Crippen LogP contribution is -2.49. The highest BCUT2D eigenvalue weighted by molar-refractivity contribution is 6.31. The minimum atomic E-state index is -0.889. The zero-order valence-electron chi connectivity index (χ0n) is 15.0. The first kappa shape index (κ1) is 18.3. The number of nitrogens with one attached hydrogen (secondary N) is 1. The molecule has 0 bridgehead atoms. The van der Waals surface area contributed by atoms with E-state index in [1.807, 2.05) is 15.9 Å². The number of piperazine rings is 1. The summed E-state index contributed by atoms with van der Waals surface area (Å²) in [6, 6.07) is 10.3.